The second kappa shape index (κ2) is 5.08. The third kappa shape index (κ3) is 2.70. The number of rotatable bonds is 3. The van der Waals surface area contributed by atoms with Crippen molar-refractivity contribution in [3.63, 3.8) is 0 Å². The first-order valence-corrected chi connectivity index (χ1v) is 5.59. The summed E-state index contributed by atoms with van der Waals surface area (Å²) in [5, 5.41) is 0. The van der Waals surface area contributed by atoms with Gasteiger partial charge in [-0.3, -0.25) is 4.79 Å². The fourth-order valence-corrected chi connectivity index (χ4v) is 1.99. The molecule has 0 spiro atoms. The van der Waals surface area contributed by atoms with Gasteiger partial charge in [0, 0.05) is 12.0 Å². The van der Waals surface area contributed by atoms with Crippen molar-refractivity contribution in [3.05, 3.63) is 23.8 Å². The third-order valence-corrected chi connectivity index (χ3v) is 2.94. The van der Waals surface area contributed by atoms with Gasteiger partial charge in [-0.1, -0.05) is 6.07 Å². The predicted molar refractivity (Wildman–Crippen MR) is 62.3 cm³/mol. The van der Waals surface area contributed by atoms with Gasteiger partial charge < -0.3 is 14.2 Å². The maximum atomic E-state index is 11.2. The predicted octanol–water partition coefficient (Wildman–Crippen LogP) is 1.81. The fraction of sp³-hybridized carbons (Fsp3) is 0.462. The summed E-state index contributed by atoms with van der Waals surface area (Å²) < 4.78 is 15.4. The van der Waals surface area contributed by atoms with Crippen LogP contribution in [0.15, 0.2) is 18.2 Å². The molecule has 0 fully saturated rings. The van der Waals surface area contributed by atoms with Crippen LogP contribution in [-0.4, -0.2) is 26.8 Å². The lowest BCUT2D eigenvalue weighted by molar-refractivity contribution is -0.142. The first-order chi connectivity index (χ1) is 8.22. The average Bonchev–Trinajstić information content (AvgIpc) is 2.38. The smallest absolute Gasteiger partial charge is 0.305 e. The monoisotopic (exact) mass is 236 g/mol. The average molecular weight is 236 g/mol. The van der Waals surface area contributed by atoms with Crippen LogP contribution in [0.3, 0.4) is 0 Å². The molecule has 1 aliphatic heterocycles. The molecule has 2 rings (SSSR count). The second-order valence-corrected chi connectivity index (χ2v) is 4.14. The molecule has 1 unspecified atom stereocenters. The van der Waals surface area contributed by atoms with Crippen molar-refractivity contribution in [2.75, 3.05) is 20.8 Å². The summed E-state index contributed by atoms with van der Waals surface area (Å²) in [6, 6.07) is 5.77. The van der Waals surface area contributed by atoms with E-state index in [0.29, 0.717) is 13.0 Å². The summed E-state index contributed by atoms with van der Waals surface area (Å²) in [7, 11) is 3.04. The molecular formula is C13H16O4. The molecule has 0 aromatic heterocycles. The molecule has 4 heteroatoms. The van der Waals surface area contributed by atoms with Gasteiger partial charge in [-0.25, -0.2) is 0 Å². The topological polar surface area (TPSA) is 44.8 Å². The summed E-state index contributed by atoms with van der Waals surface area (Å²) in [6.07, 6.45) is 1.25. The van der Waals surface area contributed by atoms with Gasteiger partial charge in [0.25, 0.3) is 0 Å². The Kier molecular flexibility index (Phi) is 3.52. The molecule has 0 N–H and O–H groups in total. The number of ether oxygens (including phenoxy) is 3. The lowest BCUT2D eigenvalue weighted by atomic mass is 9.94. The molecule has 0 saturated carbocycles. The van der Waals surface area contributed by atoms with E-state index in [-0.39, 0.29) is 11.9 Å². The maximum absolute atomic E-state index is 11.2. The first kappa shape index (κ1) is 11.8. The zero-order chi connectivity index (χ0) is 12.3. The zero-order valence-electron chi connectivity index (χ0n) is 10.1. The minimum absolute atomic E-state index is 0.185. The molecule has 1 heterocycles. The Balaban J connectivity index is 2.06. The molecular weight excluding hydrogens is 220 g/mol. The van der Waals surface area contributed by atoms with Gasteiger partial charge in [0.05, 0.1) is 27.2 Å². The molecule has 4 nitrogen and oxygen atoms in total. The Morgan fingerprint density at radius 2 is 2.29 bits per heavy atom. The molecule has 0 aliphatic carbocycles. The van der Waals surface area contributed by atoms with E-state index in [2.05, 4.69) is 4.74 Å². The van der Waals surface area contributed by atoms with Gasteiger partial charge in [0.15, 0.2) is 0 Å². The van der Waals surface area contributed by atoms with Crippen molar-refractivity contribution in [1.82, 2.24) is 0 Å². The third-order valence-electron chi connectivity index (χ3n) is 2.94. The van der Waals surface area contributed by atoms with Crippen molar-refractivity contribution < 1.29 is 19.0 Å². The zero-order valence-corrected chi connectivity index (χ0v) is 10.1. The quantitative estimate of drug-likeness (QED) is 0.751. The van der Waals surface area contributed by atoms with E-state index in [1.165, 1.54) is 7.11 Å². The minimum atomic E-state index is -0.185. The Bertz CT molecular complexity index is 414. The van der Waals surface area contributed by atoms with Gasteiger partial charge >= 0.3 is 5.97 Å². The number of benzene rings is 1. The van der Waals surface area contributed by atoms with Crippen molar-refractivity contribution >= 4 is 5.97 Å². The number of carbonyl (C=O) groups excluding carboxylic acids is 1. The largest absolute Gasteiger partial charge is 0.497 e. The minimum Gasteiger partial charge on any atom is -0.497 e. The highest BCUT2D eigenvalue weighted by molar-refractivity contribution is 5.69. The number of fused-ring (bicyclic) bond motifs is 1. The van der Waals surface area contributed by atoms with E-state index in [4.69, 9.17) is 9.47 Å². The van der Waals surface area contributed by atoms with Crippen LogP contribution in [0.2, 0.25) is 0 Å². The molecule has 1 aromatic rings. The van der Waals surface area contributed by atoms with Crippen molar-refractivity contribution in [3.8, 4) is 11.5 Å². The molecule has 1 aliphatic rings. The van der Waals surface area contributed by atoms with Crippen LogP contribution >= 0.6 is 0 Å². The van der Waals surface area contributed by atoms with Crippen LogP contribution in [0.25, 0.3) is 0 Å². The van der Waals surface area contributed by atoms with Crippen LogP contribution in [-0.2, 0) is 16.0 Å². The fourth-order valence-electron chi connectivity index (χ4n) is 1.99. The Morgan fingerprint density at radius 1 is 1.47 bits per heavy atom. The molecule has 1 aromatic carbocycles. The van der Waals surface area contributed by atoms with Crippen LogP contribution in [0, 0.1) is 5.92 Å². The maximum Gasteiger partial charge on any atom is 0.305 e. The lowest BCUT2D eigenvalue weighted by Gasteiger charge is -2.24. The Morgan fingerprint density at radius 3 is 3.00 bits per heavy atom. The van der Waals surface area contributed by atoms with Crippen molar-refractivity contribution in [2.45, 2.75) is 12.8 Å². The Hall–Kier alpha value is -1.71. The summed E-state index contributed by atoms with van der Waals surface area (Å²) in [5.74, 6) is 1.65. The molecule has 0 bridgehead atoms. The number of hydrogen-bond donors (Lipinski definition) is 0. The highest BCUT2D eigenvalue weighted by atomic mass is 16.5. The van der Waals surface area contributed by atoms with Gasteiger partial charge in [0.2, 0.25) is 0 Å². The van der Waals surface area contributed by atoms with Gasteiger partial charge in [0.1, 0.15) is 11.5 Å². The number of hydrogen-bond acceptors (Lipinski definition) is 4. The summed E-state index contributed by atoms with van der Waals surface area (Å²) in [4.78, 5) is 11.2. The molecule has 0 saturated heterocycles. The van der Waals surface area contributed by atoms with E-state index in [9.17, 15) is 4.79 Å². The van der Waals surface area contributed by atoms with Gasteiger partial charge in [-0.05, 0) is 18.1 Å². The highest BCUT2D eigenvalue weighted by Gasteiger charge is 2.22. The van der Waals surface area contributed by atoms with Crippen molar-refractivity contribution in [2.24, 2.45) is 5.92 Å². The van der Waals surface area contributed by atoms with E-state index < -0.39 is 0 Å². The van der Waals surface area contributed by atoms with Crippen LogP contribution in [0.4, 0.5) is 0 Å². The van der Waals surface area contributed by atoms with E-state index in [0.717, 1.165) is 23.5 Å². The lowest BCUT2D eigenvalue weighted by Crippen LogP contribution is -2.23. The first-order valence-electron chi connectivity index (χ1n) is 5.59. The second-order valence-electron chi connectivity index (χ2n) is 4.14. The normalized spacial score (nSPS) is 17.9. The SMILES string of the molecule is COC(=O)CC1COc2cc(OC)ccc2C1. The van der Waals surface area contributed by atoms with Crippen LogP contribution < -0.4 is 9.47 Å². The summed E-state index contributed by atoms with van der Waals surface area (Å²) >= 11 is 0. The number of methoxy groups -OCH3 is 2. The molecule has 92 valence electrons. The molecule has 17 heavy (non-hydrogen) atoms. The van der Waals surface area contributed by atoms with Crippen LogP contribution in [0.1, 0.15) is 12.0 Å². The van der Waals surface area contributed by atoms with E-state index >= 15 is 0 Å². The number of carbonyl (C=O) groups is 1. The molecule has 0 radical (unpaired) electrons. The summed E-state index contributed by atoms with van der Waals surface area (Å²) in [5.41, 5.74) is 1.12. The van der Waals surface area contributed by atoms with Gasteiger partial charge in [-0.15, -0.1) is 0 Å². The summed E-state index contributed by atoms with van der Waals surface area (Å²) in [6.45, 7) is 0.551. The van der Waals surface area contributed by atoms with E-state index in [1.807, 2.05) is 18.2 Å². The van der Waals surface area contributed by atoms with Crippen molar-refractivity contribution in [1.29, 1.82) is 0 Å². The van der Waals surface area contributed by atoms with E-state index in [1.54, 1.807) is 7.11 Å². The van der Waals surface area contributed by atoms with Gasteiger partial charge in [-0.2, -0.15) is 0 Å². The molecule has 0 amide bonds. The Labute approximate surface area is 100 Å². The number of esters is 1. The van der Waals surface area contributed by atoms with Crippen LogP contribution in [0.5, 0.6) is 11.5 Å². The standard InChI is InChI=1S/C13H16O4/c1-15-11-4-3-10-5-9(6-13(14)16-2)8-17-12(10)7-11/h3-4,7,9H,5-6,8H2,1-2H3. The molecule has 1 atom stereocenters. The highest BCUT2D eigenvalue weighted by Crippen LogP contribution is 2.31.